The SMILES string of the molecule is CCCCOC(=O)CC1C(=O)NCCN1C(=O)c1ccc(OC)cc1. The molecule has 0 bridgehead atoms. The molecule has 136 valence electrons. The number of piperazine rings is 1. The summed E-state index contributed by atoms with van der Waals surface area (Å²) in [6.07, 6.45) is 1.55. The quantitative estimate of drug-likeness (QED) is 0.594. The second-order valence-electron chi connectivity index (χ2n) is 5.81. The van der Waals surface area contributed by atoms with Crippen LogP contribution in [0.5, 0.6) is 5.75 Å². The molecule has 7 nitrogen and oxygen atoms in total. The average molecular weight is 348 g/mol. The minimum Gasteiger partial charge on any atom is -0.497 e. The first-order chi connectivity index (χ1) is 12.1. The third kappa shape index (κ3) is 4.95. The van der Waals surface area contributed by atoms with Gasteiger partial charge in [-0.25, -0.2) is 0 Å². The number of unbranched alkanes of at least 4 members (excludes halogenated alkanes) is 1. The van der Waals surface area contributed by atoms with Crippen LogP contribution in [0.25, 0.3) is 0 Å². The molecule has 1 aromatic carbocycles. The van der Waals surface area contributed by atoms with Crippen molar-refractivity contribution in [3.05, 3.63) is 29.8 Å². The van der Waals surface area contributed by atoms with Crippen LogP contribution < -0.4 is 10.1 Å². The van der Waals surface area contributed by atoms with Crippen LogP contribution in [-0.4, -0.2) is 55.5 Å². The van der Waals surface area contributed by atoms with Gasteiger partial charge in [0.05, 0.1) is 20.1 Å². The fourth-order valence-corrected chi connectivity index (χ4v) is 2.61. The van der Waals surface area contributed by atoms with E-state index in [0.29, 0.717) is 31.0 Å². The summed E-state index contributed by atoms with van der Waals surface area (Å²) in [6.45, 7) is 3.04. The van der Waals surface area contributed by atoms with Gasteiger partial charge in [0.15, 0.2) is 0 Å². The zero-order chi connectivity index (χ0) is 18.2. The second kappa shape index (κ2) is 9.05. The van der Waals surface area contributed by atoms with E-state index in [0.717, 1.165) is 12.8 Å². The van der Waals surface area contributed by atoms with Crippen molar-refractivity contribution in [1.29, 1.82) is 0 Å². The minimum absolute atomic E-state index is 0.141. The minimum atomic E-state index is -0.850. The lowest BCUT2D eigenvalue weighted by atomic mass is 10.1. The van der Waals surface area contributed by atoms with Crippen LogP contribution in [0.15, 0.2) is 24.3 Å². The predicted molar refractivity (Wildman–Crippen MR) is 91.3 cm³/mol. The maximum atomic E-state index is 12.8. The molecule has 0 spiro atoms. The fraction of sp³-hybridized carbons (Fsp3) is 0.500. The first-order valence-electron chi connectivity index (χ1n) is 8.45. The van der Waals surface area contributed by atoms with E-state index in [2.05, 4.69) is 5.32 Å². The van der Waals surface area contributed by atoms with E-state index in [1.54, 1.807) is 31.4 Å². The topological polar surface area (TPSA) is 84.9 Å². The van der Waals surface area contributed by atoms with Crippen LogP contribution in [0, 0.1) is 0 Å². The Morgan fingerprint density at radius 2 is 2.00 bits per heavy atom. The number of nitrogens with one attached hydrogen (secondary N) is 1. The summed E-state index contributed by atoms with van der Waals surface area (Å²) in [5.74, 6) is -0.448. The summed E-state index contributed by atoms with van der Waals surface area (Å²) in [5.41, 5.74) is 0.444. The summed E-state index contributed by atoms with van der Waals surface area (Å²) in [4.78, 5) is 38.3. The second-order valence-corrected chi connectivity index (χ2v) is 5.81. The number of rotatable bonds is 7. The lowest BCUT2D eigenvalue weighted by molar-refractivity contribution is -0.147. The summed E-state index contributed by atoms with van der Waals surface area (Å²) < 4.78 is 10.2. The van der Waals surface area contributed by atoms with Crippen LogP contribution in [-0.2, 0) is 14.3 Å². The molecule has 1 saturated heterocycles. The normalized spacial score (nSPS) is 17.0. The predicted octanol–water partition coefficient (Wildman–Crippen LogP) is 1.37. The maximum absolute atomic E-state index is 12.8. The Labute approximate surface area is 147 Å². The van der Waals surface area contributed by atoms with E-state index in [-0.39, 0.29) is 18.2 Å². The largest absolute Gasteiger partial charge is 0.497 e. The molecule has 1 atom stereocenters. The van der Waals surface area contributed by atoms with E-state index in [1.165, 1.54) is 4.90 Å². The van der Waals surface area contributed by atoms with Crippen molar-refractivity contribution in [2.45, 2.75) is 32.2 Å². The van der Waals surface area contributed by atoms with Gasteiger partial charge in [0.2, 0.25) is 5.91 Å². The Morgan fingerprint density at radius 1 is 1.28 bits per heavy atom. The molecule has 1 fully saturated rings. The zero-order valence-electron chi connectivity index (χ0n) is 14.6. The van der Waals surface area contributed by atoms with Gasteiger partial charge in [-0.1, -0.05) is 13.3 Å². The summed E-state index contributed by atoms with van der Waals surface area (Å²) in [6, 6.07) is 5.81. The fourth-order valence-electron chi connectivity index (χ4n) is 2.61. The lowest BCUT2D eigenvalue weighted by Crippen LogP contribution is -2.57. The molecule has 1 aromatic rings. The van der Waals surface area contributed by atoms with E-state index in [1.807, 2.05) is 6.92 Å². The molecule has 0 aromatic heterocycles. The third-order valence-electron chi connectivity index (χ3n) is 4.05. The molecule has 1 heterocycles. The van der Waals surface area contributed by atoms with E-state index in [4.69, 9.17) is 9.47 Å². The van der Waals surface area contributed by atoms with Crippen LogP contribution in [0.3, 0.4) is 0 Å². The number of nitrogens with zero attached hydrogens (tertiary/aromatic N) is 1. The summed E-state index contributed by atoms with van der Waals surface area (Å²) >= 11 is 0. The van der Waals surface area contributed by atoms with Gasteiger partial charge in [-0.15, -0.1) is 0 Å². The molecule has 0 saturated carbocycles. The molecular formula is C18H24N2O5. The van der Waals surface area contributed by atoms with Crippen molar-refractivity contribution in [3.8, 4) is 5.75 Å². The van der Waals surface area contributed by atoms with Gasteiger partial charge in [0.1, 0.15) is 11.8 Å². The highest BCUT2D eigenvalue weighted by Crippen LogP contribution is 2.17. The van der Waals surface area contributed by atoms with Gasteiger partial charge in [0.25, 0.3) is 5.91 Å². The molecule has 7 heteroatoms. The lowest BCUT2D eigenvalue weighted by Gasteiger charge is -2.34. The molecule has 1 unspecified atom stereocenters. The van der Waals surface area contributed by atoms with Crippen LogP contribution in [0.1, 0.15) is 36.5 Å². The van der Waals surface area contributed by atoms with Crippen molar-refractivity contribution in [1.82, 2.24) is 10.2 Å². The Bertz CT molecular complexity index is 614. The number of carbonyl (C=O) groups excluding carboxylic acids is 3. The number of hydrogen-bond donors (Lipinski definition) is 1. The summed E-state index contributed by atoms with van der Waals surface area (Å²) in [7, 11) is 1.55. The molecule has 2 amide bonds. The molecule has 1 aliphatic rings. The van der Waals surface area contributed by atoms with Crippen LogP contribution in [0.4, 0.5) is 0 Å². The van der Waals surface area contributed by atoms with E-state index >= 15 is 0 Å². The maximum Gasteiger partial charge on any atom is 0.308 e. The third-order valence-corrected chi connectivity index (χ3v) is 4.05. The monoisotopic (exact) mass is 348 g/mol. The van der Waals surface area contributed by atoms with Crippen LogP contribution in [0.2, 0.25) is 0 Å². The van der Waals surface area contributed by atoms with Crippen molar-refractivity contribution < 1.29 is 23.9 Å². The van der Waals surface area contributed by atoms with E-state index in [9.17, 15) is 14.4 Å². The van der Waals surface area contributed by atoms with Gasteiger partial charge >= 0.3 is 5.97 Å². The molecular weight excluding hydrogens is 324 g/mol. The van der Waals surface area contributed by atoms with Crippen molar-refractivity contribution in [3.63, 3.8) is 0 Å². The number of benzene rings is 1. The van der Waals surface area contributed by atoms with Gasteiger partial charge in [-0.2, -0.15) is 0 Å². The number of amides is 2. The number of ether oxygens (including phenoxy) is 2. The number of methoxy groups -OCH3 is 1. The molecule has 1 N–H and O–H groups in total. The number of esters is 1. The molecule has 25 heavy (non-hydrogen) atoms. The van der Waals surface area contributed by atoms with Gasteiger partial charge < -0.3 is 19.7 Å². The smallest absolute Gasteiger partial charge is 0.308 e. The van der Waals surface area contributed by atoms with Crippen LogP contribution >= 0.6 is 0 Å². The molecule has 0 aliphatic carbocycles. The standard InChI is InChI=1S/C18H24N2O5/c1-3-4-11-25-16(21)12-15-17(22)19-9-10-20(15)18(23)13-5-7-14(24-2)8-6-13/h5-8,15H,3-4,9-12H2,1-2H3,(H,19,22). The molecule has 2 rings (SSSR count). The van der Waals surface area contributed by atoms with Gasteiger partial charge in [-0.05, 0) is 30.7 Å². The highest BCUT2D eigenvalue weighted by atomic mass is 16.5. The highest BCUT2D eigenvalue weighted by Gasteiger charge is 2.35. The highest BCUT2D eigenvalue weighted by molar-refractivity contribution is 5.99. The summed E-state index contributed by atoms with van der Waals surface area (Å²) in [5, 5.41) is 2.70. The van der Waals surface area contributed by atoms with Crippen molar-refractivity contribution >= 4 is 17.8 Å². The van der Waals surface area contributed by atoms with Gasteiger partial charge in [0, 0.05) is 18.7 Å². The Morgan fingerprint density at radius 3 is 2.64 bits per heavy atom. The molecule has 1 aliphatic heterocycles. The van der Waals surface area contributed by atoms with Gasteiger partial charge in [-0.3, -0.25) is 14.4 Å². The Kier molecular flexibility index (Phi) is 6.80. The van der Waals surface area contributed by atoms with E-state index < -0.39 is 12.0 Å². The number of carbonyl (C=O) groups is 3. The first kappa shape index (κ1) is 18.8. The Balaban J connectivity index is 2.08. The first-order valence-corrected chi connectivity index (χ1v) is 8.45. The van der Waals surface area contributed by atoms with Crippen molar-refractivity contribution in [2.24, 2.45) is 0 Å². The number of hydrogen-bond acceptors (Lipinski definition) is 5. The molecule has 0 radical (unpaired) electrons. The Hall–Kier alpha value is -2.57. The zero-order valence-corrected chi connectivity index (χ0v) is 14.6. The average Bonchev–Trinajstić information content (AvgIpc) is 2.63. The van der Waals surface area contributed by atoms with Crippen molar-refractivity contribution in [2.75, 3.05) is 26.8 Å².